The fourth-order valence-corrected chi connectivity index (χ4v) is 0.960. The van der Waals surface area contributed by atoms with Crippen LogP contribution in [-0.4, -0.2) is 9.78 Å². The molecule has 1 heterocycles. The van der Waals surface area contributed by atoms with E-state index in [-0.39, 0.29) is 4.47 Å². The summed E-state index contributed by atoms with van der Waals surface area (Å²) in [4.78, 5) is 0. The van der Waals surface area contributed by atoms with Crippen molar-refractivity contribution >= 4 is 15.9 Å². The van der Waals surface area contributed by atoms with Crippen LogP contribution in [0.1, 0.15) is 16.2 Å². The van der Waals surface area contributed by atoms with Crippen LogP contribution >= 0.6 is 15.9 Å². The maximum Gasteiger partial charge on any atom is 0.283 e. The maximum atomic E-state index is 12.1. The number of hydrogen-bond donors (Lipinski definition) is 0. The summed E-state index contributed by atoms with van der Waals surface area (Å²) < 4.78 is 45.5. The molecule has 0 aromatic carbocycles. The quantitative estimate of drug-likeness (QED) is 0.699. The molecule has 1 aromatic heterocycles. The third kappa shape index (κ3) is 1.34. The summed E-state index contributed by atoms with van der Waals surface area (Å²) in [6, 6.07) is 0. The van der Waals surface area contributed by atoms with Crippen LogP contribution in [0, 0.1) is 0 Å². The van der Waals surface area contributed by atoms with Gasteiger partial charge in [-0.25, -0.2) is 8.78 Å². The van der Waals surface area contributed by atoms with Crippen LogP contribution in [0.2, 0.25) is 0 Å². The Morgan fingerprint density at radius 1 is 1.90 bits per heavy atom. The van der Waals surface area contributed by atoms with E-state index in [1.165, 1.54) is 0 Å². The van der Waals surface area contributed by atoms with Gasteiger partial charge in [0.15, 0.2) is 0 Å². The van der Waals surface area contributed by atoms with Gasteiger partial charge in [-0.15, -0.1) is 0 Å². The number of nitrogens with zero attached hydrogens (tertiary/aromatic N) is 2. The Labute approximate surface area is 69.2 Å². The number of alkyl halides is 2. The Balaban J connectivity index is 3.10. The predicted octanol–water partition coefficient (Wildman–Crippen LogP) is 2.12. The van der Waals surface area contributed by atoms with Crippen molar-refractivity contribution in [3.05, 3.63) is 16.4 Å². The molecule has 0 radical (unpaired) electrons. The molecule has 0 saturated heterocycles. The first-order chi connectivity index (χ1) is 5.82. The standard InChI is InChI=1S/C5H5BrF2N2/c1-10-2-3(6)4(9-10)5(7)8/h2,5H,1H3/i1D3. The predicted molar refractivity (Wildman–Crippen MR) is 35.9 cm³/mol. The Kier molecular flexibility index (Phi) is 1.18. The zero-order valence-corrected chi connectivity index (χ0v) is 6.27. The first-order valence-electron chi connectivity index (χ1n) is 3.86. The molecule has 10 heavy (non-hydrogen) atoms. The van der Waals surface area contributed by atoms with Gasteiger partial charge < -0.3 is 0 Å². The molecule has 1 aromatic rings. The molecule has 0 bridgehead atoms. The first-order valence-corrected chi connectivity index (χ1v) is 3.15. The molecular weight excluding hydrogens is 206 g/mol. The van der Waals surface area contributed by atoms with E-state index >= 15 is 0 Å². The van der Waals surface area contributed by atoms with Crippen LogP contribution in [0.3, 0.4) is 0 Å². The van der Waals surface area contributed by atoms with E-state index < -0.39 is 19.1 Å². The highest BCUT2D eigenvalue weighted by Gasteiger charge is 2.14. The number of aromatic nitrogens is 2. The first kappa shape index (κ1) is 4.43. The van der Waals surface area contributed by atoms with Crippen molar-refractivity contribution in [2.24, 2.45) is 6.98 Å². The molecule has 0 aliphatic rings. The van der Waals surface area contributed by atoms with Crippen LogP contribution < -0.4 is 0 Å². The van der Waals surface area contributed by atoms with Gasteiger partial charge in [0.25, 0.3) is 6.43 Å². The molecule has 0 saturated carbocycles. The summed E-state index contributed by atoms with van der Waals surface area (Å²) in [7, 11) is 0. The lowest BCUT2D eigenvalue weighted by atomic mass is 10.5. The van der Waals surface area contributed by atoms with Crippen molar-refractivity contribution in [3.8, 4) is 0 Å². The van der Waals surface area contributed by atoms with Crippen LogP contribution in [-0.2, 0) is 6.98 Å². The van der Waals surface area contributed by atoms with E-state index in [9.17, 15) is 8.78 Å². The minimum Gasteiger partial charge on any atom is -0.274 e. The molecule has 0 N–H and O–H groups in total. The van der Waals surface area contributed by atoms with Gasteiger partial charge in [-0.05, 0) is 15.9 Å². The van der Waals surface area contributed by atoms with Crippen molar-refractivity contribution in [1.82, 2.24) is 9.78 Å². The van der Waals surface area contributed by atoms with E-state index in [0.717, 1.165) is 6.20 Å². The van der Waals surface area contributed by atoms with Crippen molar-refractivity contribution in [2.45, 2.75) is 6.43 Å². The molecule has 0 atom stereocenters. The third-order valence-corrected chi connectivity index (χ3v) is 1.51. The minimum absolute atomic E-state index is 0.00127. The number of halogens is 3. The van der Waals surface area contributed by atoms with E-state index in [1.807, 2.05) is 0 Å². The molecule has 0 aliphatic heterocycles. The highest BCUT2D eigenvalue weighted by Crippen LogP contribution is 2.24. The van der Waals surface area contributed by atoms with Gasteiger partial charge in [0.1, 0.15) is 5.69 Å². The molecule has 56 valence electrons. The van der Waals surface area contributed by atoms with Gasteiger partial charge in [-0.1, -0.05) is 0 Å². The molecular formula is C5H5BrF2N2. The largest absolute Gasteiger partial charge is 0.283 e. The second-order valence-corrected chi connectivity index (χ2v) is 2.46. The summed E-state index contributed by atoms with van der Waals surface area (Å²) in [5, 5.41) is 3.24. The van der Waals surface area contributed by atoms with Crippen LogP contribution in [0.25, 0.3) is 0 Å². The van der Waals surface area contributed by atoms with Crippen molar-refractivity contribution in [3.63, 3.8) is 0 Å². The Hall–Kier alpha value is -0.450. The Morgan fingerprint density at radius 2 is 2.60 bits per heavy atom. The minimum atomic E-state index is -2.78. The van der Waals surface area contributed by atoms with Gasteiger partial charge in [0.2, 0.25) is 0 Å². The summed E-state index contributed by atoms with van der Waals surface area (Å²) in [6.07, 6.45) is -1.77. The second-order valence-electron chi connectivity index (χ2n) is 1.61. The normalized spacial score (nSPS) is 16.6. The topological polar surface area (TPSA) is 17.8 Å². The molecule has 0 amide bonds. The molecule has 0 spiro atoms. The monoisotopic (exact) mass is 213 g/mol. The highest BCUT2D eigenvalue weighted by molar-refractivity contribution is 9.10. The maximum absolute atomic E-state index is 12.1. The lowest BCUT2D eigenvalue weighted by molar-refractivity contribution is 0.144. The number of rotatable bonds is 1. The average molecular weight is 214 g/mol. The summed E-state index contributed by atoms with van der Waals surface area (Å²) in [5.74, 6) is 0. The van der Waals surface area contributed by atoms with E-state index in [0.29, 0.717) is 4.68 Å². The van der Waals surface area contributed by atoms with E-state index in [2.05, 4.69) is 21.0 Å². The molecule has 2 nitrogen and oxygen atoms in total. The SMILES string of the molecule is [2H]C([2H])([2H])n1cc(Br)c(C(F)F)n1. The average Bonchev–Trinajstić information content (AvgIpc) is 2.29. The van der Waals surface area contributed by atoms with Crippen LogP contribution in [0.5, 0.6) is 0 Å². The number of aryl methyl sites for hydroxylation is 1. The van der Waals surface area contributed by atoms with E-state index in [4.69, 9.17) is 4.11 Å². The molecule has 0 unspecified atom stereocenters. The van der Waals surface area contributed by atoms with Crippen molar-refractivity contribution in [1.29, 1.82) is 0 Å². The zero-order valence-electron chi connectivity index (χ0n) is 7.68. The lowest BCUT2D eigenvalue weighted by Crippen LogP contribution is -1.90. The van der Waals surface area contributed by atoms with Gasteiger partial charge in [0.05, 0.1) is 4.47 Å². The smallest absolute Gasteiger partial charge is 0.274 e. The Morgan fingerprint density at radius 3 is 2.90 bits per heavy atom. The van der Waals surface area contributed by atoms with Gasteiger partial charge in [-0.3, -0.25) is 4.68 Å². The molecule has 0 fully saturated rings. The molecule has 0 aliphatic carbocycles. The molecule has 5 heteroatoms. The summed E-state index contributed by atoms with van der Waals surface area (Å²) in [6.45, 7) is -2.52. The molecule has 1 rings (SSSR count). The fourth-order valence-electron chi connectivity index (χ4n) is 0.514. The Bertz CT molecular complexity index is 309. The number of hydrogen-bond acceptors (Lipinski definition) is 1. The zero-order chi connectivity index (χ0) is 10.2. The van der Waals surface area contributed by atoms with Crippen LogP contribution in [0.4, 0.5) is 8.78 Å². The highest BCUT2D eigenvalue weighted by atomic mass is 79.9. The lowest BCUT2D eigenvalue weighted by Gasteiger charge is -1.90. The van der Waals surface area contributed by atoms with Crippen LogP contribution in [0.15, 0.2) is 10.7 Å². The van der Waals surface area contributed by atoms with Crippen molar-refractivity contribution in [2.75, 3.05) is 0 Å². The second kappa shape index (κ2) is 2.65. The van der Waals surface area contributed by atoms with Crippen molar-refractivity contribution < 1.29 is 12.9 Å². The fraction of sp³-hybridized carbons (Fsp3) is 0.400. The van der Waals surface area contributed by atoms with Gasteiger partial charge in [-0.2, -0.15) is 5.10 Å². The van der Waals surface area contributed by atoms with Gasteiger partial charge in [0, 0.05) is 17.3 Å². The summed E-state index contributed by atoms with van der Waals surface area (Å²) in [5.41, 5.74) is -0.559. The van der Waals surface area contributed by atoms with E-state index in [1.54, 1.807) is 0 Å². The third-order valence-electron chi connectivity index (χ3n) is 0.902. The van der Waals surface area contributed by atoms with Gasteiger partial charge >= 0.3 is 0 Å². The summed E-state index contributed by atoms with van der Waals surface area (Å²) >= 11 is 2.80.